The molecule has 2 aromatic carbocycles. The van der Waals surface area contributed by atoms with Crippen molar-refractivity contribution in [2.75, 3.05) is 7.05 Å². The lowest BCUT2D eigenvalue weighted by molar-refractivity contribution is 0.552. The third kappa shape index (κ3) is 4.69. The molecule has 0 aliphatic carbocycles. The number of nitrogens with one attached hydrogen (secondary N) is 1. The van der Waals surface area contributed by atoms with E-state index in [1.165, 1.54) is 11.6 Å². The van der Waals surface area contributed by atoms with Gasteiger partial charge in [0.05, 0.1) is 0 Å². The van der Waals surface area contributed by atoms with E-state index in [0.717, 1.165) is 27.4 Å². The van der Waals surface area contributed by atoms with Gasteiger partial charge in [0.25, 0.3) is 0 Å². The molecule has 4 heteroatoms. The molecule has 1 N–H and O–H groups in total. The van der Waals surface area contributed by atoms with Crippen LogP contribution in [0.15, 0.2) is 51.4 Å². The first-order chi connectivity index (χ1) is 9.56. The molecule has 20 heavy (non-hydrogen) atoms. The minimum atomic E-state index is -0.201. The Morgan fingerprint density at radius 3 is 2.20 bits per heavy atom. The van der Waals surface area contributed by atoms with Crippen LogP contribution in [0.5, 0.6) is 0 Å². The van der Waals surface area contributed by atoms with E-state index in [2.05, 4.69) is 49.3 Å². The van der Waals surface area contributed by atoms with E-state index in [1.807, 2.05) is 25.2 Å². The van der Waals surface area contributed by atoms with Gasteiger partial charge in [-0.25, -0.2) is 4.39 Å². The van der Waals surface area contributed by atoms with Crippen molar-refractivity contribution in [2.24, 2.45) is 0 Å². The zero-order chi connectivity index (χ0) is 14.5. The lowest BCUT2D eigenvalue weighted by Crippen LogP contribution is -2.29. The normalized spacial score (nSPS) is 12.4. The molecule has 0 aliphatic rings. The summed E-state index contributed by atoms with van der Waals surface area (Å²) < 4.78 is 15.3. The predicted octanol–water partition coefficient (Wildman–Crippen LogP) is 4.72. The fraction of sp³-hybridized carbons (Fsp3) is 0.250. The molecule has 0 amide bonds. The van der Waals surface area contributed by atoms with E-state index in [1.54, 1.807) is 6.07 Å². The van der Waals surface area contributed by atoms with Gasteiger partial charge in [-0.05, 0) is 61.3 Å². The largest absolute Gasteiger partial charge is 0.316 e. The SMILES string of the molecule is CNC(Cc1ccc(Br)cc1)Cc1cc(F)cc(Br)c1. The molecule has 0 spiro atoms. The van der Waals surface area contributed by atoms with Gasteiger partial charge < -0.3 is 5.32 Å². The molecular formula is C16H16Br2FN. The molecule has 106 valence electrons. The van der Waals surface area contributed by atoms with Crippen molar-refractivity contribution in [3.8, 4) is 0 Å². The highest BCUT2D eigenvalue weighted by Gasteiger charge is 2.10. The lowest BCUT2D eigenvalue weighted by Gasteiger charge is -2.17. The quantitative estimate of drug-likeness (QED) is 0.765. The van der Waals surface area contributed by atoms with Crippen molar-refractivity contribution in [1.29, 1.82) is 0 Å². The summed E-state index contributed by atoms with van der Waals surface area (Å²) in [6, 6.07) is 13.6. The summed E-state index contributed by atoms with van der Waals surface area (Å²) in [5.74, 6) is -0.201. The average Bonchev–Trinajstić information content (AvgIpc) is 2.39. The summed E-state index contributed by atoms with van der Waals surface area (Å²) in [5, 5.41) is 3.30. The predicted molar refractivity (Wildman–Crippen MR) is 88.5 cm³/mol. The first-order valence-electron chi connectivity index (χ1n) is 6.43. The van der Waals surface area contributed by atoms with Crippen molar-refractivity contribution < 1.29 is 4.39 Å². The van der Waals surface area contributed by atoms with Crippen LogP contribution in [-0.4, -0.2) is 13.1 Å². The molecule has 0 aromatic heterocycles. The summed E-state index contributed by atoms with van der Waals surface area (Å²) in [7, 11) is 1.94. The van der Waals surface area contributed by atoms with Gasteiger partial charge in [-0.15, -0.1) is 0 Å². The molecule has 0 radical (unpaired) electrons. The summed E-state index contributed by atoms with van der Waals surface area (Å²) in [6.45, 7) is 0. The lowest BCUT2D eigenvalue weighted by atomic mass is 9.99. The average molecular weight is 401 g/mol. The highest BCUT2D eigenvalue weighted by molar-refractivity contribution is 9.10. The molecule has 0 bridgehead atoms. The van der Waals surface area contributed by atoms with Crippen molar-refractivity contribution >= 4 is 31.9 Å². The van der Waals surface area contributed by atoms with Crippen molar-refractivity contribution in [3.63, 3.8) is 0 Å². The standard InChI is InChI=1S/C16H16Br2FN/c1-20-16(8-11-2-4-13(17)5-3-11)9-12-6-14(18)10-15(19)7-12/h2-7,10,16,20H,8-9H2,1H3. The van der Waals surface area contributed by atoms with Crippen molar-refractivity contribution in [3.05, 3.63) is 68.4 Å². The number of rotatable bonds is 5. The van der Waals surface area contributed by atoms with Crippen LogP contribution in [0.2, 0.25) is 0 Å². The van der Waals surface area contributed by atoms with Gasteiger partial charge in [0.15, 0.2) is 0 Å². The van der Waals surface area contributed by atoms with Crippen LogP contribution in [0.3, 0.4) is 0 Å². The van der Waals surface area contributed by atoms with E-state index < -0.39 is 0 Å². The van der Waals surface area contributed by atoms with E-state index in [-0.39, 0.29) is 11.9 Å². The number of likely N-dealkylation sites (N-methyl/N-ethyl adjacent to an activating group) is 1. The van der Waals surface area contributed by atoms with Gasteiger partial charge in [-0.2, -0.15) is 0 Å². The van der Waals surface area contributed by atoms with Crippen molar-refractivity contribution in [2.45, 2.75) is 18.9 Å². The molecule has 0 saturated carbocycles. The minimum Gasteiger partial charge on any atom is -0.316 e. The maximum absolute atomic E-state index is 13.4. The second-order valence-electron chi connectivity index (χ2n) is 4.80. The third-order valence-electron chi connectivity index (χ3n) is 3.21. The Bertz CT molecular complexity index is 549. The molecule has 1 unspecified atom stereocenters. The highest BCUT2D eigenvalue weighted by Crippen LogP contribution is 2.18. The third-order valence-corrected chi connectivity index (χ3v) is 4.19. The van der Waals surface area contributed by atoms with E-state index >= 15 is 0 Å². The van der Waals surface area contributed by atoms with Crippen LogP contribution in [0.4, 0.5) is 4.39 Å². The summed E-state index contributed by atoms with van der Waals surface area (Å²) in [5.41, 5.74) is 2.26. The molecular weight excluding hydrogens is 385 g/mol. The number of halogens is 3. The molecule has 1 atom stereocenters. The monoisotopic (exact) mass is 399 g/mol. The fourth-order valence-corrected chi connectivity index (χ4v) is 2.97. The van der Waals surface area contributed by atoms with Crippen LogP contribution < -0.4 is 5.32 Å². The van der Waals surface area contributed by atoms with Gasteiger partial charge in [0, 0.05) is 15.0 Å². The Labute approximate surface area is 135 Å². The molecule has 1 nitrogen and oxygen atoms in total. The Balaban J connectivity index is 2.06. The molecule has 0 saturated heterocycles. The fourth-order valence-electron chi connectivity index (χ4n) is 2.19. The van der Waals surface area contributed by atoms with Gasteiger partial charge in [0.2, 0.25) is 0 Å². The maximum Gasteiger partial charge on any atom is 0.124 e. The van der Waals surface area contributed by atoms with Gasteiger partial charge in [0.1, 0.15) is 5.82 Å². The zero-order valence-corrected chi connectivity index (χ0v) is 14.3. The molecule has 0 aliphatic heterocycles. The second-order valence-corrected chi connectivity index (χ2v) is 6.63. The number of benzene rings is 2. The van der Waals surface area contributed by atoms with Crippen LogP contribution in [0.1, 0.15) is 11.1 Å². The number of hydrogen-bond donors (Lipinski definition) is 1. The summed E-state index contributed by atoms with van der Waals surface area (Å²) in [4.78, 5) is 0. The van der Waals surface area contributed by atoms with Crippen LogP contribution >= 0.6 is 31.9 Å². The second kappa shape index (κ2) is 7.34. The topological polar surface area (TPSA) is 12.0 Å². The molecule has 0 heterocycles. The van der Waals surface area contributed by atoms with Crippen molar-refractivity contribution in [1.82, 2.24) is 5.32 Å². The highest BCUT2D eigenvalue weighted by atomic mass is 79.9. The first kappa shape index (κ1) is 15.7. The van der Waals surface area contributed by atoms with Crippen LogP contribution in [0.25, 0.3) is 0 Å². The molecule has 0 fully saturated rings. The van der Waals surface area contributed by atoms with Gasteiger partial charge >= 0.3 is 0 Å². The Hall–Kier alpha value is -0.710. The van der Waals surface area contributed by atoms with Crippen LogP contribution in [-0.2, 0) is 12.8 Å². The summed E-state index contributed by atoms with van der Waals surface area (Å²) in [6.07, 6.45) is 1.71. The van der Waals surface area contributed by atoms with E-state index in [0.29, 0.717) is 0 Å². The Kier molecular flexibility index (Phi) is 5.75. The maximum atomic E-state index is 13.4. The molecule has 2 rings (SSSR count). The minimum absolute atomic E-state index is 0.201. The van der Waals surface area contributed by atoms with E-state index in [9.17, 15) is 4.39 Å². The Morgan fingerprint density at radius 1 is 0.950 bits per heavy atom. The van der Waals surface area contributed by atoms with Gasteiger partial charge in [-0.1, -0.05) is 44.0 Å². The first-order valence-corrected chi connectivity index (χ1v) is 8.02. The molecule has 2 aromatic rings. The smallest absolute Gasteiger partial charge is 0.124 e. The Morgan fingerprint density at radius 2 is 1.60 bits per heavy atom. The van der Waals surface area contributed by atoms with E-state index in [4.69, 9.17) is 0 Å². The zero-order valence-electron chi connectivity index (χ0n) is 11.2. The summed E-state index contributed by atoms with van der Waals surface area (Å²) >= 11 is 6.77. The van der Waals surface area contributed by atoms with Crippen LogP contribution in [0, 0.1) is 5.82 Å². The number of hydrogen-bond acceptors (Lipinski definition) is 1. The van der Waals surface area contributed by atoms with Gasteiger partial charge in [-0.3, -0.25) is 0 Å².